The summed E-state index contributed by atoms with van der Waals surface area (Å²) in [4.78, 5) is 8.17. The number of para-hydroxylation sites is 1. The summed E-state index contributed by atoms with van der Waals surface area (Å²) >= 11 is 3.39. The Morgan fingerprint density at radius 2 is 2.18 bits per heavy atom. The fraction of sp³-hybridized carbons (Fsp3) is 0.167. The highest BCUT2D eigenvalue weighted by atomic mass is 79.9. The molecule has 0 radical (unpaired) electrons. The third-order valence-electron chi connectivity index (χ3n) is 2.26. The maximum absolute atomic E-state index is 5.84. The van der Waals surface area contributed by atoms with Crippen LogP contribution in [0.25, 0.3) is 0 Å². The van der Waals surface area contributed by atoms with E-state index in [1.54, 1.807) is 12.1 Å². The molecule has 4 nitrogen and oxygen atoms in total. The normalized spacial score (nSPS) is 10.2. The number of aromatic nitrogens is 2. The van der Waals surface area contributed by atoms with Crippen LogP contribution in [-0.2, 0) is 6.42 Å². The highest BCUT2D eigenvalue weighted by Crippen LogP contribution is 2.34. The van der Waals surface area contributed by atoms with Crippen molar-refractivity contribution in [2.45, 2.75) is 13.3 Å². The molecule has 0 atom stereocenters. The first-order chi connectivity index (χ1) is 8.20. The molecule has 0 aliphatic carbocycles. The summed E-state index contributed by atoms with van der Waals surface area (Å²) < 4.78 is 6.46. The van der Waals surface area contributed by atoms with Crippen LogP contribution in [0.1, 0.15) is 12.6 Å². The number of nitrogens with two attached hydrogens (primary N) is 1. The summed E-state index contributed by atoms with van der Waals surface area (Å²) in [6.07, 6.45) is 2.32. The van der Waals surface area contributed by atoms with Gasteiger partial charge in [0.15, 0.2) is 5.75 Å². The average Bonchev–Trinajstić information content (AvgIpc) is 2.34. The lowest BCUT2D eigenvalue weighted by Gasteiger charge is -2.09. The molecule has 88 valence electrons. The van der Waals surface area contributed by atoms with Crippen LogP contribution in [0.3, 0.4) is 0 Å². The molecular formula is C12H12BrN3O. The second-order valence-corrected chi connectivity index (χ2v) is 4.32. The van der Waals surface area contributed by atoms with Gasteiger partial charge in [0.1, 0.15) is 6.33 Å². The molecular weight excluding hydrogens is 282 g/mol. The van der Waals surface area contributed by atoms with Gasteiger partial charge in [-0.05, 0) is 34.5 Å². The molecule has 2 aromatic rings. The van der Waals surface area contributed by atoms with Gasteiger partial charge in [-0.2, -0.15) is 0 Å². The molecule has 0 fully saturated rings. The van der Waals surface area contributed by atoms with Crippen LogP contribution < -0.4 is 10.5 Å². The minimum Gasteiger partial charge on any atom is -0.436 e. The zero-order chi connectivity index (χ0) is 12.3. The molecule has 0 amide bonds. The van der Waals surface area contributed by atoms with Gasteiger partial charge in [-0.1, -0.05) is 13.0 Å². The minimum atomic E-state index is 0.496. The lowest BCUT2D eigenvalue weighted by molar-refractivity contribution is 0.460. The van der Waals surface area contributed by atoms with Gasteiger partial charge in [-0.3, -0.25) is 0 Å². The fourth-order valence-corrected chi connectivity index (χ4v) is 1.83. The summed E-state index contributed by atoms with van der Waals surface area (Å²) in [5, 5.41) is 0. The van der Waals surface area contributed by atoms with E-state index in [-0.39, 0.29) is 0 Å². The first-order valence-electron chi connectivity index (χ1n) is 5.23. The van der Waals surface area contributed by atoms with Crippen LogP contribution in [0.4, 0.5) is 5.69 Å². The maximum atomic E-state index is 5.84. The highest BCUT2D eigenvalue weighted by molar-refractivity contribution is 9.10. The van der Waals surface area contributed by atoms with Gasteiger partial charge in [-0.15, -0.1) is 0 Å². The molecule has 1 heterocycles. The van der Waals surface area contributed by atoms with Gasteiger partial charge in [0.25, 0.3) is 0 Å². The Bertz CT molecular complexity index is 511. The number of nitrogen functional groups attached to an aromatic ring is 1. The van der Waals surface area contributed by atoms with Crippen LogP contribution >= 0.6 is 15.9 Å². The van der Waals surface area contributed by atoms with Crippen molar-refractivity contribution in [2.75, 3.05) is 5.73 Å². The summed E-state index contributed by atoms with van der Waals surface area (Å²) in [6.45, 7) is 2.03. The number of anilines is 1. The van der Waals surface area contributed by atoms with Gasteiger partial charge < -0.3 is 10.5 Å². The smallest absolute Gasteiger partial charge is 0.222 e. The average molecular weight is 294 g/mol. The Balaban J connectivity index is 2.31. The number of benzene rings is 1. The number of hydrogen-bond acceptors (Lipinski definition) is 4. The maximum Gasteiger partial charge on any atom is 0.222 e. The van der Waals surface area contributed by atoms with Crippen LogP contribution in [0.5, 0.6) is 11.6 Å². The first-order valence-corrected chi connectivity index (χ1v) is 6.02. The van der Waals surface area contributed by atoms with Gasteiger partial charge >= 0.3 is 0 Å². The van der Waals surface area contributed by atoms with Crippen LogP contribution in [0.2, 0.25) is 0 Å². The quantitative estimate of drug-likeness (QED) is 0.883. The number of nitrogens with zero attached hydrogens (tertiary/aromatic N) is 2. The van der Waals surface area contributed by atoms with Crippen LogP contribution in [0, 0.1) is 0 Å². The Labute approximate surface area is 108 Å². The Kier molecular flexibility index (Phi) is 3.58. The first kappa shape index (κ1) is 11.9. The number of aryl methyl sites for hydroxylation is 1. The van der Waals surface area contributed by atoms with Crippen molar-refractivity contribution in [3.05, 3.63) is 40.8 Å². The van der Waals surface area contributed by atoms with Crippen molar-refractivity contribution >= 4 is 21.6 Å². The van der Waals surface area contributed by atoms with Crippen LogP contribution in [0.15, 0.2) is 35.1 Å². The molecule has 0 aliphatic heterocycles. The van der Waals surface area contributed by atoms with Crippen molar-refractivity contribution in [1.29, 1.82) is 0 Å². The molecule has 1 aromatic carbocycles. The zero-order valence-corrected chi connectivity index (χ0v) is 10.9. The molecule has 0 saturated carbocycles. The molecule has 2 N–H and O–H groups in total. The molecule has 0 spiro atoms. The number of ether oxygens (including phenoxy) is 1. The van der Waals surface area contributed by atoms with Crippen molar-refractivity contribution in [3.63, 3.8) is 0 Å². The molecule has 1 aromatic heterocycles. The molecule has 0 unspecified atom stereocenters. The van der Waals surface area contributed by atoms with Crippen molar-refractivity contribution in [1.82, 2.24) is 9.97 Å². The largest absolute Gasteiger partial charge is 0.436 e. The van der Waals surface area contributed by atoms with Gasteiger partial charge in [0, 0.05) is 11.8 Å². The Morgan fingerprint density at radius 1 is 1.35 bits per heavy atom. The Morgan fingerprint density at radius 3 is 2.88 bits per heavy atom. The predicted molar refractivity (Wildman–Crippen MR) is 70.0 cm³/mol. The molecule has 0 aliphatic rings. The molecule has 5 heteroatoms. The van der Waals surface area contributed by atoms with Gasteiger partial charge in [0.2, 0.25) is 5.88 Å². The second kappa shape index (κ2) is 5.14. The van der Waals surface area contributed by atoms with Crippen molar-refractivity contribution < 1.29 is 4.74 Å². The number of hydrogen-bond donors (Lipinski definition) is 1. The second-order valence-electron chi connectivity index (χ2n) is 3.46. The lowest BCUT2D eigenvalue weighted by atomic mass is 10.3. The van der Waals surface area contributed by atoms with E-state index in [1.807, 2.05) is 19.1 Å². The van der Waals surface area contributed by atoms with E-state index in [0.29, 0.717) is 17.3 Å². The lowest BCUT2D eigenvalue weighted by Crippen LogP contribution is -1.96. The standard InChI is InChI=1S/C12H12BrN3O/c1-2-8-6-11(16-7-15-8)17-12-9(13)4-3-5-10(12)14/h3-7H,2,14H2,1H3. The highest BCUT2D eigenvalue weighted by Gasteiger charge is 2.08. The number of halogens is 1. The van der Waals surface area contributed by atoms with Crippen molar-refractivity contribution in [2.24, 2.45) is 0 Å². The molecule has 0 bridgehead atoms. The molecule has 2 rings (SSSR count). The molecule has 17 heavy (non-hydrogen) atoms. The summed E-state index contributed by atoms with van der Waals surface area (Å²) in [7, 11) is 0. The summed E-state index contributed by atoms with van der Waals surface area (Å²) in [5.41, 5.74) is 7.34. The van der Waals surface area contributed by atoms with E-state index in [9.17, 15) is 0 Å². The van der Waals surface area contributed by atoms with E-state index in [1.165, 1.54) is 6.33 Å². The van der Waals surface area contributed by atoms with E-state index < -0.39 is 0 Å². The van der Waals surface area contributed by atoms with E-state index in [2.05, 4.69) is 25.9 Å². The monoisotopic (exact) mass is 293 g/mol. The van der Waals surface area contributed by atoms with Crippen molar-refractivity contribution in [3.8, 4) is 11.6 Å². The minimum absolute atomic E-state index is 0.496. The van der Waals surface area contributed by atoms with E-state index in [4.69, 9.17) is 10.5 Å². The summed E-state index contributed by atoms with van der Waals surface area (Å²) in [6, 6.07) is 7.30. The Hall–Kier alpha value is -1.62. The SMILES string of the molecule is CCc1cc(Oc2c(N)cccc2Br)ncn1. The van der Waals surface area contributed by atoms with Gasteiger partial charge in [0.05, 0.1) is 10.2 Å². The zero-order valence-electron chi connectivity index (χ0n) is 9.35. The fourth-order valence-electron chi connectivity index (χ4n) is 1.36. The molecule has 0 saturated heterocycles. The topological polar surface area (TPSA) is 61.0 Å². The van der Waals surface area contributed by atoms with Crippen LogP contribution in [-0.4, -0.2) is 9.97 Å². The van der Waals surface area contributed by atoms with E-state index in [0.717, 1.165) is 16.6 Å². The predicted octanol–water partition coefficient (Wildman–Crippen LogP) is 3.18. The summed E-state index contributed by atoms with van der Waals surface area (Å²) in [5.74, 6) is 1.07. The van der Waals surface area contributed by atoms with E-state index >= 15 is 0 Å². The van der Waals surface area contributed by atoms with Gasteiger partial charge in [-0.25, -0.2) is 9.97 Å². The third-order valence-corrected chi connectivity index (χ3v) is 2.89. The number of rotatable bonds is 3. The third kappa shape index (κ3) is 2.74.